The van der Waals surface area contributed by atoms with Gasteiger partial charge in [-0.2, -0.15) is 5.26 Å². The number of methoxy groups -OCH3 is 1. The SMILES string of the molecule is COC(=O)C1CCN1c1cccc(F)c1C#N. The lowest BCUT2D eigenvalue weighted by Crippen LogP contribution is -2.53. The van der Waals surface area contributed by atoms with Gasteiger partial charge < -0.3 is 9.64 Å². The van der Waals surface area contributed by atoms with Gasteiger partial charge in [0, 0.05) is 6.54 Å². The maximum atomic E-state index is 13.4. The molecule has 1 aliphatic heterocycles. The van der Waals surface area contributed by atoms with Crippen molar-refractivity contribution in [2.45, 2.75) is 12.5 Å². The summed E-state index contributed by atoms with van der Waals surface area (Å²) in [4.78, 5) is 13.1. The predicted molar refractivity (Wildman–Crippen MR) is 58.9 cm³/mol. The second kappa shape index (κ2) is 4.42. The largest absolute Gasteiger partial charge is 0.467 e. The highest BCUT2D eigenvalue weighted by Gasteiger charge is 2.36. The number of hydrogen-bond acceptors (Lipinski definition) is 4. The standard InChI is InChI=1S/C12H11FN2O2/c1-17-12(16)11-5-6-15(11)10-4-2-3-9(13)8(10)7-14/h2-4,11H,5-6H2,1H3. The molecule has 1 unspecified atom stereocenters. The molecule has 17 heavy (non-hydrogen) atoms. The fraction of sp³-hybridized carbons (Fsp3) is 0.333. The highest BCUT2D eigenvalue weighted by atomic mass is 19.1. The zero-order chi connectivity index (χ0) is 12.4. The average molecular weight is 234 g/mol. The lowest BCUT2D eigenvalue weighted by Gasteiger charge is -2.41. The topological polar surface area (TPSA) is 53.3 Å². The predicted octanol–water partition coefficient (Wildman–Crippen LogP) is 1.45. The van der Waals surface area contributed by atoms with Gasteiger partial charge in [0.2, 0.25) is 0 Å². The minimum Gasteiger partial charge on any atom is -0.467 e. The fourth-order valence-electron chi connectivity index (χ4n) is 1.92. The van der Waals surface area contributed by atoms with E-state index in [1.807, 2.05) is 6.07 Å². The van der Waals surface area contributed by atoms with E-state index in [-0.39, 0.29) is 11.5 Å². The van der Waals surface area contributed by atoms with Gasteiger partial charge >= 0.3 is 5.97 Å². The summed E-state index contributed by atoms with van der Waals surface area (Å²) in [6.45, 7) is 0.623. The Hall–Kier alpha value is -2.09. The van der Waals surface area contributed by atoms with Gasteiger partial charge in [0.1, 0.15) is 23.5 Å². The molecule has 0 bridgehead atoms. The second-order valence-corrected chi connectivity index (χ2v) is 3.77. The van der Waals surface area contributed by atoms with Crippen LogP contribution in [0, 0.1) is 17.1 Å². The van der Waals surface area contributed by atoms with E-state index in [2.05, 4.69) is 4.74 Å². The van der Waals surface area contributed by atoms with Gasteiger partial charge in [-0.3, -0.25) is 0 Å². The Balaban J connectivity index is 2.33. The second-order valence-electron chi connectivity index (χ2n) is 3.77. The van der Waals surface area contributed by atoms with Crippen molar-refractivity contribution in [3.05, 3.63) is 29.6 Å². The molecule has 1 aromatic carbocycles. The van der Waals surface area contributed by atoms with Crippen molar-refractivity contribution in [1.29, 1.82) is 5.26 Å². The van der Waals surface area contributed by atoms with E-state index in [1.54, 1.807) is 11.0 Å². The first-order valence-electron chi connectivity index (χ1n) is 5.22. The van der Waals surface area contributed by atoms with Crippen molar-refractivity contribution in [2.75, 3.05) is 18.6 Å². The number of nitrogens with zero attached hydrogens (tertiary/aromatic N) is 2. The summed E-state index contributed by atoms with van der Waals surface area (Å²) in [5.41, 5.74) is 0.426. The van der Waals surface area contributed by atoms with E-state index in [4.69, 9.17) is 5.26 Å². The smallest absolute Gasteiger partial charge is 0.328 e. The van der Waals surface area contributed by atoms with Crippen molar-refractivity contribution >= 4 is 11.7 Å². The number of hydrogen-bond donors (Lipinski definition) is 0. The van der Waals surface area contributed by atoms with Crippen LogP contribution < -0.4 is 4.90 Å². The molecule has 5 heteroatoms. The molecule has 1 aliphatic rings. The monoisotopic (exact) mass is 234 g/mol. The van der Waals surface area contributed by atoms with Gasteiger partial charge in [-0.1, -0.05) is 6.07 Å². The molecule has 2 rings (SSSR count). The average Bonchev–Trinajstić information content (AvgIpc) is 2.28. The van der Waals surface area contributed by atoms with Crippen LogP contribution in [0.25, 0.3) is 0 Å². The molecular formula is C12H11FN2O2. The number of esters is 1. The third kappa shape index (κ3) is 1.82. The van der Waals surface area contributed by atoms with Crippen LogP contribution >= 0.6 is 0 Å². The van der Waals surface area contributed by atoms with E-state index in [1.165, 1.54) is 19.2 Å². The Kier molecular flexibility index (Phi) is 2.96. The van der Waals surface area contributed by atoms with Crippen molar-refractivity contribution < 1.29 is 13.9 Å². The first kappa shape index (κ1) is 11.4. The molecule has 0 spiro atoms. The first-order chi connectivity index (χ1) is 8.19. The van der Waals surface area contributed by atoms with Gasteiger partial charge in [-0.15, -0.1) is 0 Å². The van der Waals surface area contributed by atoms with E-state index >= 15 is 0 Å². The molecule has 0 N–H and O–H groups in total. The highest BCUT2D eigenvalue weighted by molar-refractivity contribution is 5.83. The summed E-state index contributed by atoms with van der Waals surface area (Å²) in [6.07, 6.45) is 0.661. The minimum atomic E-state index is -0.569. The maximum absolute atomic E-state index is 13.4. The molecule has 0 saturated carbocycles. The zero-order valence-electron chi connectivity index (χ0n) is 9.31. The number of benzene rings is 1. The molecule has 0 aliphatic carbocycles. The minimum absolute atomic E-state index is 0.0268. The molecule has 88 valence electrons. The van der Waals surface area contributed by atoms with Gasteiger partial charge in [0.25, 0.3) is 0 Å². The van der Waals surface area contributed by atoms with Crippen molar-refractivity contribution in [2.24, 2.45) is 0 Å². The van der Waals surface area contributed by atoms with Crippen molar-refractivity contribution in [1.82, 2.24) is 0 Å². The molecule has 4 nitrogen and oxygen atoms in total. The third-order valence-corrected chi connectivity index (χ3v) is 2.91. The lowest BCUT2D eigenvalue weighted by molar-refractivity contribution is -0.143. The summed E-state index contributed by atoms with van der Waals surface area (Å²) >= 11 is 0. The van der Waals surface area contributed by atoms with Crippen LogP contribution in [0.1, 0.15) is 12.0 Å². The fourth-order valence-corrected chi connectivity index (χ4v) is 1.92. The van der Waals surface area contributed by atoms with Gasteiger partial charge in [-0.25, -0.2) is 9.18 Å². The normalized spacial score (nSPS) is 18.2. The molecule has 1 heterocycles. The van der Waals surface area contributed by atoms with E-state index in [9.17, 15) is 9.18 Å². The number of anilines is 1. The summed E-state index contributed by atoms with van der Waals surface area (Å²) in [6, 6.07) is 5.81. The van der Waals surface area contributed by atoms with Crippen LogP contribution in [-0.4, -0.2) is 25.7 Å². The van der Waals surface area contributed by atoms with Gasteiger partial charge in [-0.05, 0) is 18.6 Å². The van der Waals surface area contributed by atoms with Crippen LogP contribution in [0.3, 0.4) is 0 Å². The Morgan fingerprint density at radius 3 is 2.94 bits per heavy atom. The van der Waals surface area contributed by atoms with Crippen LogP contribution in [0.4, 0.5) is 10.1 Å². The van der Waals surface area contributed by atoms with Crippen LogP contribution in [0.5, 0.6) is 0 Å². The first-order valence-corrected chi connectivity index (χ1v) is 5.22. The highest BCUT2D eigenvalue weighted by Crippen LogP contribution is 2.31. The van der Waals surface area contributed by atoms with Crippen LogP contribution in [0.2, 0.25) is 0 Å². The van der Waals surface area contributed by atoms with Crippen LogP contribution in [0.15, 0.2) is 18.2 Å². The molecule has 0 aromatic heterocycles. The van der Waals surface area contributed by atoms with Crippen molar-refractivity contribution in [3.63, 3.8) is 0 Å². The van der Waals surface area contributed by atoms with Gasteiger partial charge in [0.05, 0.1) is 12.8 Å². The molecule has 0 amide bonds. The zero-order valence-corrected chi connectivity index (χ0v) is 9.31. The summed E-state index contributed by atoms with van der Waals surface area (Å²) in [7, 11) is 1.32. The molecule has 1 fully saturated rings. The van der Waals surface area contributed by atoms with Gasteiger partial charge in [0.15, 0.2) is 0 Å². The molecule has 1 atom stereocenters. The number of carbonyl (C=O) groups is 1. The summed E-state index contributed by atoms with van der Waals surface area (Å²) < 4.78 is 18.1. The summed E-state index contributed by atoms with van der Waals surface area (Å²) in [5, 5.41) is 8.92. The maximum Gasteiger partial charge on any atom is 0.328 e. The molecule has 0 radical (unpaired) electrons. The quantitative estimate of drug-likeness (QED) is 0.727. The molecule has 1 saturated heterocycles. The van der Waals surface area contributed by atoms with E-state index in [0.717, 1.165) is 0 Å². The number of nitriles is 1. The van der Waals surface area contributed by atoms with E-state index in [0.29, 0.717) is 18.7 Å². The van der Waals surface area contributed by atoms with E-state index < -0.39 is 11.9 Å². The Labute approximate surface area is 98.2 Å². The number of ether oxygens (including phenoxy) is 1. The Morgan fingerprint density at radius 2 is 2.41 bits per heavy atom. The molecular weight excluding hydrogens is 223 g/mol. The third-order valence-electron chi connectivity index (χ3n) is 2.91. The Bertz CT molecular complexity index is 496. The number of halogens is 1. The van der Waals surface area contributed by atoms with Crippen LogP contribution in [-0.2, 0) is 9.53 Å². The van der Waals surface area contributed by atoms with Crippen molar-refractivity contribution in [3.8, 4) is 6.07 Å². The lowest BCUT2D eigenvalue weighted by atomic mass is 10.00. The number of carbonyl (C=O) groups excluding carboxylic acids is 1. The number of rotatable bonds is 2. The summed E-state index contributed by atoms with van der Waals surface area (Å²) in [5.74, 6) is -0.926. The Morgan fingerprint density at radius 1 is 1.65 bits per heavy atom. The molecule has 1 aromatic rings.